The Morgan fingerprint density at radius 3 is 2.47 bits per heavy atom. The summed E-state index contributed by atoms with van der Waals surface area (Å²) in [5, 5.41) is 0.573. The summed E-state index contributed by atoms with van der Waals surface area (Å²) >= 11 is 0. The van der Waals surface area contributed by atoms with Crippen LogP contribution in [0.3, 0.4) is 0 Å². The van der Waals surface area contributed by atoms with Crippen LogP contribution < -0.4 is 11.2 Å². The van der Waals surface area contributed by atoms with E-state index in [2.05, 4.69) is 11.9 Å². The van der Waals surface area contributed by atoms with Crippen LogP contribution in [0.1, 0.15) is 40.0 Å². The van der Waals surface area contributed by atoms with Gasteiger partial charge in [0, 0.05) is 6.54 Å². The first-order chi connectivity index (χ1) is 9.24. The molecule has 0 fully saturated rings. The van der Waals surface area contributed by atoms with E-state index in [4.69, 9.17) is 0 Å². The molecule has 104 valence electrons. The lowest BCUT2D eigenvalue weighted by Crippen LogP contribution is -2.35. The molecule has 2 rings (SSSR count). The number of fused-ring (bicyclic) bond motifs is 1. The largest absolute Gasteiger partial charge is 0.328 e. The van der Waals surface area contributed by atoms with E-state index in [0.717, 1.165) is 19.3 Å². The number of benzene rings is 1. The van der Waals surface area contributed by atoms with Gasteiger partial charge >= 0.3 is 5.69 Å². The monoisotopic (exact) mass is 262 g/mol. The Morgan fingerprint density at radius 1 is 1.11 bits per heavy atom. The lowest BCUT2D eigenvalue weighted by atomic mass is 10.2. The number of nitrogens with one attached hydrogen (secondary N) is 1. The Bertz CT molecular complexity index is 626. The second kappa shape index (κ2) is 7.56. The first-order valence-electron chi connectivity index (χ1n) is 6.96. The Morgan fingerprint density at radius 2 is 1.79 bits per heavy atom. The standard InChI is InChI=1S/C13H16N2O2.C2H6/c1-2-3-6-9-15-12(16)10-7-4-5-8-11(10)14-13(15)17;1-2/h4-5,7-8H,2-3,6,9H2,1H3,(H,14,17);1-2H3. The quantitative estimate of drug-likeness (QED) is 0.861. The minimum Gasteiger partial charge on any atom is -0.307 e. The molecule has 0 radical (unpaired) electrons. The van der Waals surface area contributed by atoms with Crippen molar-refractivity contribution in [3.05, 3.63) is 45.1 Å². The summed E-state index contributed by atoms with van der Waals surface area (Å²) in [5.74, 6) is 0. The number of unbranched alkanes of at least 4 members (excludes halogenated alkanes) is 2. The molecule has 0 aliphatic heterocycles. The van der Waals surface area contributed by atoms with Gasteiger partial charge in [-0.05, 0) is 18.6 Å². The molecule has 0 saturated heterocycles. The molecule has 0 saturated carbocycles. The van der Waals surface area contributed by atoms with E-state index in [1.165, 1.54) is 4.57 Å². The average Bonchev–Trinajstić information content (AvgIpc) is 2.45. The van der Waals surface area contributed by atoms with Crippen molar-refractivity contribution in [1.82, 2.24) is 9.55 Å². The van der Waals surface area contributed by atoms with Crippen LogP contribution in [0.25, 0.3) is 10.9 Å². The van der Waals surface area contributed by atoms with Crippen molar-refractivity contribution in [2.24, 2.45) is 0 Å². The zero-order chi connectivity index (χ0) is 14.3. The number of para-hydroxylation sites is 1. The number of hydrogen-bond acceptors (Lipinski definition) is 2. The van der Waals surface area contributed by atoms with Crippen molar-refractivity contribution in [3.63, 3.8) is 0 Å². The number of aromatic nitrogens is 2. The highest BCUT2D eigenvalue weighted by Gasteiger charge is 2.05. The van der Waals surface area contributed by atoms with Gasteiger partial charge in [0.25, 0.3) is 5.56 Å². The molecule has 1 heterocycles. The molecular formula is C15H22N2O2. The summed E-state index contributed by atoms with van der Waals surface area (Å²) in [6.45, 7) is 6.58. The van der Waals surface area contributed by atoms with Gasteiger partial charge in [-0.1, -0.05) is 45.7 Å². The zero-order valence-electron chi connectivity index (χ0n) is 11.9. The predicted octanol–water partition coefficient (Wildman–Crippen LogP) is 2.91. The lowest BCUT2D eigenvalue weighted by Gasteiger charge is -2.05. The second-order valence-electron chi connectivity index (χ2n) is 4.14. The minimum absolute atomic E-state index is 0.194. The number of aromatic amines is 1. The maximum absolute atomic E-state index is 12.1. The highest BCUT2D eigenvalue weighted by atomic mass is 16.2. The maximum Gasteiger partial charge on any atom is 0.328 e. The molecule has 4 heteroatoms. The zero-order valence-corrected chi connectivity index (χ0v) is 11.9. The van der Waals surface area contributed by atoms with Gasteiger partial charge in [0.2, 0.25) is 0 Å². The fourth-order valence-corrected chi connectivity index (χ4v) is 1.92. The molecule has 0 aliphatic rings. The van der Waals surface area contributed by atoms with Crippen LogP contribution in [0.4, 0.5) is 0 Å². The molecule has 0 bridgehead atoms. The van der Waals surface area contributed by atoms with E-state index in [-0.39, 0.29) is 11.2 Å². The predicted molar refractivity (Wildman–Crippen MR) is 79.7 cm³/mol. The van der Waals surface area contributed by atoms with E-state index in [9.17, 15) is 9.59 Å². The van der Waals surface area contributed by atoms with Crippen molar-refractivity contribution in [1.29, 1.82) is 0 Å². The van der Waals surface area contributed by atoms with Gasteiger partial charge in [0.1, 0.15) is 0 Å². The van der Waals surface area contributed by atoms with E-state index < -0.39 is 0 Å². The summed E-state index contributed by atoms with van der Waals surface area (Å²) in [6.07, 6.45) is 2.96. The molecule has 4 nitrogen and oxygen atoms in total. The average molecular weight is 262 g/mol. The first-order valence-corrected chi connectivity index (χ1v) is 6.96. The van der Waals surface area contributed by atoms with Gasteiger partial charge in [-0.2, -0.15) is 0 Å². The smallest absolute Gasteiger partial charge is 0.307 e. The van der Waals surface area contributed by atoms with Crippen molar-refractivity contribution >= 4 is 10.9 Å². The molecule has 0 amide bonds. The Labute approximate surface area is 113 Å². The van der Waals surface area contributed by atoms with E-state index in [0.29, 0.717) is 17.4 Å². The molecule has 19 heavy (non-hydrogen) atoms. The SMILES string of the molecule is CC.CCCCCn1c(=O)[nH]c2ccccc2c1=O. The fourth-order valence-electron chi connectivity index (χ4n) is 1.92. The van der Waals surface area contributed by atoms with Crippen molar-refractivity contribution in [3.8, 4) is 0 Å². The van der Waals surface area contributed by atoms with Crippen molar-refractivity contribution in [2.45, 2.75) is 46.6 Å². The summed E-state index contributed by atoms with van der Waals surface area (Å²) in [5.41, 5.74) is 0.0968. The van der Waals surface area contributed by atoms with Crippen molar-refractivity contribution in [2.75, 3.05) is 0 Å². The molecule has 0 unspecified atom stereocenters. The number of hydrogen-bond donors (Lipinski definition) is 1. The van der Waals surface area contributed by atoms with E-state index >= 15 is 0 Å². The fraction of sp³-hybridized carbons (Fsp3) is 0.467. The van der Waals surface area contributed by atoms with Crippen LogP contribution in [-0.4, -0.2) is 9.55 Å². The normalized spacial score (nSPS) is 10.1. The third-order valence-electron chi connectivity index (χ3n) is 2.87. The summed E-state index contributed by atoms with van der Waals surface area (Å²) in [4.78, 5) is 26.6. The van der Waals surface area contributed by atoms with Crippen LogP contribution >= 0.6 is 0 Å². The van der Waals surface area contributed by atoms with Crippen LogP contribution in [-0.2, 0) is 6.54 Å². The van der Waals surface area contributed by atoms with Crippen LogP contribution in [0.15, 0.2) is 33.9 Å². The Hall–Kier alpha value is -1.84. The van der Waals surface area contributed by atoms with E-state index in [1.54, 1.807) is 24.3 Å². The molecule has 0 aliphatic carbocycles. The highest BCUT2D eigenvalue weighted by molar-refractivity contribution is 5.76. The number of nitrogens with zero attached hydrogens (tertiary/aromatic N) is 1. The van der Waals surface area contributed by atoms with Gasteiger partial charge in [-0.3, -0.25) is 9.36 Å². The van der Waals surface area contributed by atoms with Crippen LogP contribution in [0.5, 0.6) is 0 Å². The minimum atomic E-state index is -0.315. The number of rotatable bonds is 4. The van der Waals surface area contributed by atoms with Gasteiger partial charge < -0.3 is 4.98 Å². The van der Waals surface area contributed by atoms with E-state index in [1.807, 2.05) is 13.8 Å². The van der Waals surface area contributed by atoms with Gasteiger partial charge in [-0.15, -0.1) is 0 Å². The van der Waals surface area contributed by atoms with Gasteiger partial charge in [-0.25, -0.2) is 4.79 Å². The van der Waals surface area contributed by atoms with Gasteiger partial charge in [0.15, 0.2) is 0 Å². The molecule has 2 aromatic rings. The molecule has 0 atom stereocenters. The van der Waals surface area contributed by atoms with Crippen molar-refractivity contribution < 1.29 is 0 Å². The molecular weight excluding hydrogens is 240 g/mol. The maximum atomic E-state index is 12.1. The highest BCUT2D eigenvalue weighted by Crippen LogP contribution is 2.03. The molecule has 0 spiro atoms. The summed E-state index contributed by atoms with van der Waals surface area (Å²) in [7, 11) is 0. The van der Waals surface area contributed by atoms with Crippen LogP contribution in [0.2, 0.25) is 0 Å². The third kappa shape index (κ3) is 3.56. The van der Waals surface area contributed by atoms with Gasteiger partial charge in [0.05, 0.1) is 10.9 Å². The summed E-state index contributed by atoms with van der Waals surface area (Å²) in [6, 6.07) is 7.09. The topological polar surface area (TPSA) is 54.9 Å². The lowest BCUT2D eigenvalue weighted by molar-refractivity contribution is 0.568. The first kappa shape index (κ1) is 15.2. The van der Waals surface area contributed by atoms with Crippen LogP contribution in [0, 0.1) is 0 Å². The summed E-state index contributed by atoms with van der Waals surface area (Å²) < 4.78 is 1.29. The molecule has 1 N–H and O–H groups in total. The Kier molecular flexibility index (Phi) is 6.06. The Balaban J connectivity index is 0.000000861. The molecule has 1 aromatic heterocycles. The second-order valence-corrected chi connectivity index (χ2v) is 4.14. The molecule has 1 aromatic carbocycles. The number of H-pyrrole nitrogens is 1. The third-order valence-corrected chi connectivity index (χ3v) is 2.87.